The molecular formula is C18H26ClFN4O. The maximum Gasteiger partial charge on any atom is 0.188 e. The standard InChI is InChI=1S/C18H26ClFN4O/c19-14-6-3-7-15(20)17(14)16(24-8-1-2-9-24)12-23-18(21)22-11-13-5-4-10-25-13/h3,6-7,13,16H,1-2,4-5,8-12H2,(H3,21,22,23). The van der Waals surface area contributed by atoms with Crippen LogP contribution < -0.4 is 11.1 Å². The van der Waals surface area contributed by atoms with Crippen LogP contribution in [0.2, 0.25) is 5.02 Å². The van der Waals surface area contributed by atoms with Crippen LogP contribution in [0.1, 0.15) is 37.3 Å². The molecule has 2 saturated heterocycles. The summed E-state index contributed by atoms with van der Waals surface area (Å²) in [7, 11) is 0. The van der Waals surface area contributed by atoms with Crippen LogP contribution in [0, 0.1) is 5.82 Å². The van der Waals surface area contributed by atoms with Crippen molar-refractivity contribution in [2.24, 2.45) is 10.7 Å². The van der Waals surface area contributed by atoms with E-state index in [9.17, 15) is 4.39 Å². The smallest absolute Gasteiger partial charge is 0.188 e. The normalized spacial score (nSPS) is 23.1. The van der Waals surface area contributed by atoms with Gasteiger partial charge in [0.1, 0.15) is 5.82 Å². The molecule has 25 heavy (non-hydrogen) atoms. The molecule has 0 amide bonds. The van der Waals surface area contributed by atoms with Crippen molar-refractivity contribution in [1.29, 1.82) is 0 Å². The van der Waals surface area contributed by atoms with Crippen LogP contribution in [-0.4, -0.2) is 49.7 Å². The van der Waals surface area contributed by atoms with Gasteiger partial charge in [-0.1, -0.05) is 17.7 Å². The third-order valence-electron chi connectivity index (χ3n) is 4.88. The highest BCUT2D eigenvalue weighted by molar-refractivity contribution is 6.31. The van der Waals surface area contributed by atoms with Gasteiger partial charge in [0.25, 0.3) is 0 Å². The van der Waals surface area contributed by atoms with E-state index in [-0.39, 0.29) is 18.0 Å². The van der Waals surface area contributed by atoms with Gasteiger partial charge in [0, 0.05) is 23.7 Å². The second-order valence-electron chi connectivity index (χ2n) is 6.64. The van der Waals surface area contributed by atoms with Gasteiger partial charge in [-0.2, -0.15) is 0 Å². The number of halogens is 2. The lowest BCUT2D eigenvalue weighted by Gasteiger charge is -2.27. The molecule has 1 aromatic rings. The lowest BCUT2D eigenvalue weighted by molar-refractivity contribution is 0.114. The van der Waals surface area contributed by atoms with Gasteiger partial charge in [-0.25, -0.2) is 4.39 Å². The summed E-state index contributed by atoms with van der Waals surface area (Å²) in [5.74, 6) is 0.0812. The Morgan fingerprint density at radius 1 is 1.40 bits per heavy atom. The number of hydrogen-bond acceptors (Lipinski definition) is 3. The van der Waals surface area contributed by atoms with E-state index < -0.39 is 0 Å². The van der Waals surface area contributed by atoms with Crippen LogP contribution >= 0.6 is 11.6 Å². The van der Waals surface area contributed by atoms with Crippen LogP contribution in [0.3, 0.4) is 0 Å². The topological polar surface area (TPSA) is 62.9 Å². The van der Waals surface area contributed by atoms with Crippen LogP contribution in [0.25, 0.3) is 0 Å². The summed E-state index contributed by atoms with van der Waals surface area (Å²) < 4.78 is 20.0. The van der Waals surface area contributed by atoms with E-state index in [2.05, 4.69) is 15.2 Å². The van der Waals surface area contributed by atoms with E-state index in [0.717, 1.165) is 45.4 Å². The fourth-order valence-corrected chi connectivity index (χ4v) is 3.83. The molecule has 0 bridgehead atoms. The largest absolute Gasteiger partial charge is 0.376 e. The Morgan fingerprint density at radius 3 is 2.88 bits per heavy atom. The highest BCUT2D eigenvalue weighted by Crippen LogP contribution is 2.32. The van der Waals surface area contributed by atoms with E-state index in [1.807, 2.05) is 0 Å². The van der Waals surface area contributed by atoms with Gasteiger partial charge in [-0.15, -0.1) is 0 Å². The highest BCUT2D eigenvalue weighted by atomic mass is 35.5. The Kier molecular flexibility index (Phi) is 6.51. The van der Waals surface area contributed by atoms with E-state index in [0.29, 0.717) is 29.6 Å². The molecule has 0 saturated carbocycles. The Bertz CT molecular complexity index is 580. The van der Waals surface area contributed by atoms with Crippen molar-refractivity contribution in [3.05, 3.63) is 34.6 Å². The summed E-state index contributed by atoms with van der Waals surface area (Å²) in [6.07, 6.45) is 4.55. The number of rotatable bonds is 6. The fraction of sp³-hybridized carbons (Fsp3) is 0.611. The minimum atomic E-state index is -0.287. The first-order chi connectivity index (χ1) is 12.1. The number of guanidine groups is 1. The summed E-state index contributed by atoms with van der Waals surface area (Å²) in [6, 6.07) is 4.61. The Morgan fingerprint density at radius 2 is 2.20 bits per heavy atom. The molecule has 2 aliphatic heterocycles. The fourth-order valence-electron chi connectivity index (χ4n) is 3.54. The first-order valence-corrected chi connectivity index (χ1v) is 9.36. The van der Waals surface area contributed by atoms with E-state index in [4.69, 9.17) is 22.1 Å². The predicted molar refractivity (Wildman–Crippen MR) is 98.4 cm³/mol. The van der Waals surface area contributed by atoms with E-state index in [1.54, 1.807) is 12.1 Å². The van der Waals surface area contributed by atoms with Gasteiger partial charge in [-0.05, 0) is 50.9 Å². The predicted octanol–water partition coefficient (Wildman–Crippen LogP) is 2.70. The summed E-state index contributed by atoms with van der Waals surface area (Å²) in [6.45, 7) is 3.70. The Labute approximate surface area is 153 Å². The third-order valence-corrected chi connectivity index (χ3v) is 5.21. The molecule has 2 unspecified atom stereocenters. The van der Waals surface area contributed by atoms with Crippen molar-refractivity contribution in [3.8, 4) is 0 Å². The van der Waals surface area contributed by atoms with Gasteiger partial charge < -0.3 is 15.8 Å². The third kappa shape index (κ3) is 4.84. The molecule has 0 aliphatic carbocycles. The summed E-state index contributed by atoms with van der Waals surface area (Å²) in [5.41, 5.74) is 6.51. The van der Waals surface area contributed by atoms with Crippen LogP contribution in [0.15, 0.2) is 23.2 Å². The minimum Gasteiger partial charge on any atom is -0.376 e. The molecule has 0 radical (unpaired) electrons. The van der Waals surface area contributed by atoms with E-state index >= 15 is 0 Å². The number of nitrogens with zero attached hydrogens (tertiary/aromatic N) is 2. The molecular weight excluding hydrogens is 343 g/mol. The number of nitrogens with one attached hydrogen (secondary N) is 1. The maximum absolute atomic E-state index is 14.4. The summed E-state index contributed by atoms with van der Waals surface area (Å²) in [4.78, 5) is 6.69. The number of ether oxygens (including phenoxy) is 1. The Balaban J connectivity index is 1.68. The second-order valence-corrected chi connectivity index (χ2v) is 7.04. The summed E-state index contributed by atoms with van der Waals surface area (Å²) in [5, 5.41) is 3.55. The zero-order valence-corrected chi connectivity index (χ0v) is 15.1. The molecule has 0 aromatic heterocycles. The zero-order valence-electron chi connectivity index (χ0n) is 14.4. The van der Waals surface area contributed by atoms with Gasteiger partial charge in [0.15, 0.2) is 5.96 Å². The van der Waals surface area contributed by atoms with Gasteiger partial charge in [0.05, 0.1) is 18.7 Å². The molecule has 7 heteroatoms. The van der Waals surface area contributed by atoms with Crippen molar-refractivity contribution < 1.29 is 9.13 Å². The molecule has 2 atom stereocenters. The number of likely N-dealkylation sites (tertiary alicyclic amines) is 1. The molecule has 2 heterocycles. The number of benzene rings is 1. The van der Waals surface area contributed by atoms with Crippen LogP contribution in [0.5, 0.6) is 0 Å². The summed E-state index contributed by atoms with van der Waals surface area (Å²) >= 11 is 6.29. The van der Waals surface area contributed by atoms with Crippen molar-refractivity contribution >= 4 is 17.6 Å². The molecule has 3 rings (SSSR count). The van der Waals surface area contributed by atoms with Crippen molar-refractivity contribution in [1.82, 2.24) is 10.2 Å². The van der Waals surface area contributed by atoms with Crippen molar-refractivity contribution in [2.45, 2.75) is 37.8 Å². The van der Waals surface area contributed by atoms with Crippen LogP contribution in [0.4, 0.5) is 4.39 Å². The first-order valence-electron chi connectivity index (χ1n) is 8.98. The lowest BCUT2D eigenvalue weighted by atomic mass is 10.0. The average Bonchev–Trinajstić information content (AvgIpc) is 3.29. The average molecular weight is 369 g/mol. The molecule has 3 N–H and O–H groups in total. The molecule has 138 valence electrons. The number of hydrogen-bond donors (Lipinski definition) is 2. The molecule has 2 aliphatic rings. The highest BCUT2D eigenvalue weighted by Gasteiger charge is 2.27. The van der Waals surface area contributed by atoms with Gasteiger partial charge >= 0.3 is 0 Å². The first kappa shape index (κ1) is 18.4. The molecule has 2 fully saturated rings. The van der Waals surface area contributed by atoms with Crippen molar-refractivity contribution in [3.63, 3.8) is 0 Å². The SMILES string of the molecule is NC(=NCC(c1c(F)cccc1Cl)N1CCCC1)NCC1CCCO1. The quantitative estimate of drug-likeness (QED) is 0.598. The van der Waals surface area contributed by atoms with Gasteiger partial charge in [0.2, 0.25) is 0 Å². The molecule has 5 nitrogen and oxygen atoms in total. The monoisotopic (exact) mass is 368 g/mol. The van der Waals surface area contributed by atoms with Crippen molar-refractivity contribution in [2.75, 3.05) is 32.8 Å². The van der Waals surface area contributed by atoms with E-state index in [1.165, 1.54) is 6.07 Å². The lowest BCUT2D eigenvalue weighted by Crippen LogP contribution is -2.38. The van der Waals surface area contributed by atoms with Gasteiger partial charge in [-0.3, -0.25) is 9.89 Å². The second kappa shape index (κ2) is 8.83. The molecule has 0 spiro atoms. The Hall–Kier alpha value is -1.37. The van der Waals surface area contributed by atoms with Crippen LogP contribution in [-0.2, 0) is 4.74 Å². The number of aliphatic imine (C=N–C) groups is 1. The maximum atomic E-state index is 14.4. The zero-order chi connectivity index (χ0) is 17.6. The minimum absolute atomic E-state index is 0.195. The molecule has 1 aromatic carbocycles. The number of nitrogens with two attached hydrogens (primary N) is 1.